The fourth-order valence-corrected chi connectivity index (χ4v) is 1.89. The molecule has 0 spiro atoms. The van der Waals surface area contributed by atoms with Crippen molar-refractivity contribution < 1.29 is 4.79 Å². The number of aromatic amines is 1. The molecule has 19 heavy (non-hydrogen) atoms. The number of aryl methyl sites for hydroxylation is 1. The number of hydrogen-bond donors (Lipinski definition) is 2. The van der Waals surface area contributed by atoms with Gasteiger partial charge in [-0.15, -0.1) is 0 Å². The lowest BCUT2D eigenvalue weighted by molar-refractivity contribution is -0.113. The Labute approximate surface area is 123 Å². The maximum atomic E-state index is 11.3. The predicted molar refractivity (Wildman–Crippen MR) is 82.5 cm³/mol. The van der Waals surface area contributed by atoms with E-state index in [0.29, 0.717) is 4.43 Å². The molecule has 0 fully saturated rings. The fourth-order valence-electron chi connectivity index (χ4n) is 1.69. The van der Waals surface area contributed by atoms with Crippen molar-refractivity contribution in [2.75, 3.05) is 9.74 Å². The molecular weight excluding hydrogens is 357 g/mol. The minimum absolute atomic E-state index is 0.0355. The van der Waals surface area contributed by atoms with Crippen molar-refractivity contribution >= 4 is 34.2 Å². The molecule has 2 aromatic rings. The van der Waals surface area contributed by atoms with Gasteiger partial charge in [-0.2, -0.15) is 5.10 Å². The second-order valence-electron chi connectivity index (χ2n) is 4.02. The molecule has 6 heteroatoms. The van der Waals surface area contributed by atoms with E-state index in [9.17, 15) is 9.59 Å². The second-order valence-corrected chi connectivity index (χ2v) is 4.79. The van der Waals surface area contributed by atoms with E-state index in [0.717, 1.165) is 22.5 Å². The number of rotatable bonds is 3. The number of nitrogens with zero attached hydrogens (tertiary/aromatic N) is 1. The lowest BCUT2D eigenvalue weighted by atomic mass is 10.1. The van der Waals surface area contributed by atoms with Gasteiger partial charge in [-0.3, -0.25) is 9.59 Å². The normalized spacial score (nSPS) is 10.2. The number of nitrogens with one attached hydrogen (secondary N) is 2. The molecule has 0 aliphatic rings. The Balaban J connectivity index is 2.27. The van der Waals surface area contributed by atoms with E-state index in [2.05, 4.69) is 15.5 Å². The molecular formula is C13H12IN3O2. The largest absolute Gasteiger partial charge is 0.325 e. The summed E-state index contributed by atoms with van der Waals surface area (Å²) in [7, 11) is 0. The molecule has 0 saturated heterocycles. The summed E-state index contributed by atoms with van der Waals surface area (Å²) in [5.41, 5.74) is 2.96. The third-order valence-corrected chi connectivity index (χ3v) is 3.26. The van der Waals surface area contributed by atoms with Crippen LogP contribution in [0.2, 0.25) is 0 Å². The molecule has 0 saturated carbocycles. The van der Waals surface area contributed by atoms with Crippen LogP contribution in [-0.4, -0.2) is 20.5 Å². The van der Waals surface area contributed by atoms with E-state index in [1.165, 1.54) is 6.07 Å². The fraction of sp³-hybridized carbons (Fsp3) is 0.154. The van der Waals surface area contributed by atoms with Gasteiger partial charge < -0.3 is 5.32 Å². The summed E-state index contributed by atoms with van der Waals surface area (Å²) >= 11 is 2.01. The van der Waals surface area contributed by atoms with Crippen molar-refractivity contribution in [3.63, 3.8) is 0 Å². The van der Waals surface area contributed by atoms with Gasteiger partial charge in [0.25, 0.3) is 5.56 Å². The third kappa shape index (κ3) is 3.40. The van der Waals surface area contributed by atoms with Crippen molar-refractivity contribution in [2.45, 2.75) is 6.92 Å². The Morgan fingerprint density at radius 2 is 2.05 bits per heavy atom. The van der Waals surface area contributed by atoms with Gasteiger partial charge in [0.15, 0.2) is 0 Å². The van der Waals surface area contributed by atoms with Crippen molar-refractivity contribution in [1.29, 1.82) is 0 Å². The molecule has 0 aliphatic heterocycles. The maximum Gasteiger partial charge on any atom is 0.264 e. The summed E-state index contributed by atoms with van der Waals surface area (Å²) in [5, 5.41) is 9.22. The lowest BCUT2D eigenvalue weighted by Gasteiger charge is -2.06. The molecule has 98 valence electrons. The second kappa shape index (κ2) is 5.96. The maximum absolute atomic E-state index is 11.3. The zero-order chi connectivity index (χ0) is 13.8. The number of carbonyl (C=O) groups excluding carboxylic acids is 1. The van der Waals surface area contributed by atoms with E-state index in [4.69, 9.17) is 0 Å². The number of alkyl halides is 1. The molecule has 1 aromatic carbocycles. The molecule has 0 unspecified atom stereocenters. The average molecular weight is 369 g/mol. The van der Waals surface area contributed by atoms with Gasteiger partial charge in [-0.05, 0) is 24.6 Å². The van der Waals surface area contributed by atoms with Crippen molar-refractivity contribution in [3.05, 3.63) is 46.2 Å². The standard InChI is InChI=1S/C13H12IN3O2/c1-8-6-11(18)16-17-13(8)9-2-4-10(5-3-9)15-12(19)7-14/h2-6H,7H2,1H3,(H,15,19)(H,16,18). The van der Waals surface area contributed by atoms with Crippen molar-refractivity contribution in [1.82, 2.24) is 10.2 Å². The molecule has 0 aliphatic carbocycles. The van der Waals surface area contributed by atoms with Gasteiger partial charge in [-0.1, -0.05) is 34.7 Å². The van der Waals surface area contributed by atoms with Gasteiger partial charge in [0.2, 0.25) is 5.91 Å². The van der Waals surface area contributed by atoms with Gasteiger partial charge >= 0.3 is 0 Å². The van der Waals surface area contributed by atoms with Crippen LogP contribution in [0.5, 0.6) is 0 Å². The van der Waals surface area contributed by atoms with Crippen LogP contribution in [0.1, 0.15) is 5.56 Å². The summed E-state index contributed by atoms with van der Waals surface area (Å²) in [4.78, 5) is 22.4. The van der Waals surface area contributed by atoms with E-state index >= 15 is 0 Å². The highest BCUT2D eigenvalue weighted by Crippen LogP contribution is 2.21. The number of H-pyrrole nitrogens is 1. The first-order chi connectivity index (χ1) is 9.10. The number of carbonyl (C=O) groups is 1. The predicted octanol–water partition coefficient (Wildman–Crippen LogP) is 2.12. The van der Waals surface area contributed by atoms with Gasteiger partial charge in [-0.25, -0.2) is 5.10 Å². The molecule has 2 N–H and O–H groups in total. The zero-order valence-electron chi connectivity index (χ0n) is 10.2. The van der Waals surface area contributed by atoms with Crippen LogP contribution in [0.15, 0.2) is 35.1 Å². The van der Waals surface area contributed by atoms with E-state index < -0.39 is 0 Å². The Morgan fingerprint density at radius 1 is 1.37 bits per heavy atom. The molecule has 0 radical (unpaired) electrons. The topological polar surface area (TPSA) is 74.8 Å². The van der Waals surface area contributed by atoms with Crippen LogP contribution in [0, 0.1) is 6.92 Å². The van der Waals surface area contributed by atoms with Gasteiger partial charge in [0, 0.05) is 17.3 Å². The number of aromatic nitrogens is 2. The number of anilines is 1. The Hall–Kier alpha value is -1.70. The zero-order valence-corrected chi connectivity index (χ0v) is 12.4. The Bertz CT molecular complexity index is 650. The molecule has 0 atom stereocenters. The highest BCUT2D eigenvalue weighted by Gasteiger charge is 2.05. The third-order valence-electron chi connectivity index (χ3n) is 2.56. The number of halogens is 1. The smallest absolute Gasteiger partial charge is 0.264 e. The van der Waals surface area contributed by atoms with Gasteiger partial charge in [0.05, 0.1) is 10.1 Å². The SMILES string of the molecule is Cc1cc(=O)[nH]nc1-c1ccc(NC(=O)CI)cc1. The number of benzene rings is 1. The van der Waals surface area contributed by atoms with Crippen LogP contribution < -0.4 is 10.9 Å². The lowest BCUT2D eigenvalue weighted by Crippen LogP contribution is -2.12. The van der Waals surface area contributed by atoms with Crippen molar-refractivity contribution in [3.8, 4) is 11.3 Å². The van der Waals surface area contributed by atoms with Crippen LogP contribution in [0.4, 0.5) is 5.69 Å². The minimum Gasteiger partial charge on any atom is -0.325 e. The average Bonchev–Trinajstić information content (AvgIpc) is 2.40. The van der Waals surface area contributed by atoms with Crippen LogP contribution in [0.25, 0.3) is 11.3 Å². The highest BCUT2D eigenvalue weighted by molar-refractivity contribution is 14.1. The van der Waals surface area contributed by atoms with E-state index in [1.807, 2.05) is 53.8 Å². The van der Waals surface area contributed by atoms with Crippen LogP contribution >= 0.6 is 22.6 Å². The Kier molecular flexibility index (Phi) is 4.31. The summed E-state index contributed by atoms with van der Waals surface area (Å²) in [5.74, 6) is -0.0355. The number of hydrogen-bond acceptors (Lipinski definition) is 3. The van der Waals surface area contributed by atoms with Crippen LogP contribution in [-0.2, 0) is 4.79 Å². The first-order valence-corrected chi connectivity index (χ1v) is 7.15. The molecule has 1 aromatic heterocycles. The number of amides is 1. The minimum atomic E-state index is -0.216. The molecule has 5 nitrogen and oxygen atoms in total. The molecule has 0 bridgehead atoms. The Morgan fingerprint density at radius 3 is 2.63 bits per heavy atom. The highest BCUT2D eigenvalue weighted by atomic mass is 127. The van der Waals surface area contributed by atoms with E-state index in [1.54, 1.807) is 0 Å². The summed E-state index contributed by atoms with van der Waals surface area (Å²) in [6.07, 6.45) is 0. The molecule has 1 amide bonds. The first kappa shape index (κ1) is 13.7. The van der Waals surface area contributed by atoms with E-state index in [-0.39, 0.29) is 11.5 Å². The summed E-state index contributed by atoms with van der Waals surface area (Å²) < 4.78 is 0.417. The monoisotopic (exact) mass is 369 g/mol. The quantitative estimate of drug-likeness (QED) is 0.643. The van der Waals surface area contributed by atoms with Crippen molar-refractivity contribution in [2.24, 2.45) is 0 Å². The summed E-state index contributed by atoms with van der Waals surface area (Å²) in [6.45, 7) is 1.84. The first-order valence-electron chi connectivity index (χ1n) is 5.62. The van der Waals surface area contributed by atoms with Gasteiger partial charge in [0.1, 0.15) is 0 Å². The molecule has 2 rings (SSSR count). The molecule has 1 heterocycles. The van der Waals surface area contributed by atoms with Crippen LogP contribution in [0.3, 0.4) is 0 Å². The summed E-state index contributed by atoms with van der Waals surface area (Å²) in [6, 6.07) is 8.85.